The van der Waals surface area contributed by atoms with Gasteiger partial charge in [0.1, 0.15) is 0 Å². The zero-order valence-corrected chi connectivity index (χ0v) is 14.4. The summed E-state index contributed by atoms with van der Waals surface area (Å²) >= 11 is 0. The molecule has 1 amide bonds. The summed E-state index contributed by atoms with van der Waals surface area (Å²) < 4.78 is 0. The summed E-state index contributed by atoms with van der Waals surface area (Å²) in [5.41, 5.74) is 5.90. The number of amides is 1. The maximum Gasteiger partial charge on any atom is 0.236 e. The van der Waals surface area contributed by atoms with Crippen molar-refractivity contribution in [2.24, 2.45) is 23.5 Å². The molecule has 124 valence electrons. The van der Waals surface area contributed by atoms with Crippen LogP contribution in [0.15, 0.2) is 0 Å². The number of hydrogen-bond acceptors (Lipinski definition) is 3. The van der Waals surface area contributed by atoms with Crippen LogP contribution in [0.1, 0.15) is 53.4 Å². The maximum atomic E-state index is 11.9. The van der Waals surface area contributed by atoms with Crippen LogP contribution in [0.25, 0.3) is 0 Å². The molecule has 4 nitrogen and oxygen atoms in total. The highest BCUT2D eigenvalue weighted by Gasteiger charge is 2.21. The van der Waals surface area contributed by atoms with Gasteiger partial charge in [0.25, 0.3) is 0 Å². The lowest BCUT2D eigenvalue weighted by Gasteiger charge is -2.32. The first-order chi connectivity index (χ1) is 9.88. The van der Waals surface area contributed by atoms with E-state index >= 15 is 0 Å². The fourth-order valence-electron chi connectivity index (χ4n) is 2.85. The van der Waals surface area contributed by atoms with Crippen LogP contribution in [-0.4, -0.2) is 43.0 Å². The average molecular weight is 297 g/mol. The Bertz CT molecular complexity index is 296. The first-order valence-electron chi connectivity index (χ1n) is 8.64. The number of piperidine rings is 1. The molecule has 0 spiro atoms. The van der Waals surface area contributed by atoms with Gasteiger partial charge in [0.15, 0.2) is 0 Å². The summed E-state index contributed by atoms with van der Waals surface area (Å²) in [5.74, 6) is 1.89. The summed E-state index contributed by atoms with van der Waals surface area (Å²) in [4.78, 5) is 14.5. The Morgan fingerprint density at radius 1 is 1.19 bits per heavy atom. The van der Waals surface area contributed by atoms with E-state index in [1.165, 1.54) is 38.9 Å². The third-order valence-corrected chi connectivity index (χ3v) is 4.36. The molecule has 0 bridgehead atoms. The van der Waals surface area contributed by atoms with Crippen molar-refractivity contribution in [3.05, 3.63) is 0 Å². The SMILES string of the molecule is CC(C)CCN1CCC(CNC(=O)[C@@H](N)CC(C)C)CC1. The number of nitrogens with one attached hydrogen (secondary N) is 1. The fourth-order valence-corrected chi connectivity index (χ4v) is 2.85. The standard InChI is InChI=1S/C17H35N3O/c1-13(2)5-8-20-9-6-15(7-10-20)12-19-17(21)16(18)11-14(3)4/h13-16H,5-12,18H2,1-4H3,(H,19,21)/t16-/m0/s1. The Kier molecular flexibility index (Phi) is 8.27. The third kappa shape index (κ3) is 7.82. The van der Waals surface area contributed by atoms with E-state index in [0.29, 0.717) is 11.8 Å². The second kappa shape index (κ2) is 9.42. The Hall–Kier alpha value is -0.610. The molecule has 1 rings (SSSR count). The zero-order chi connectivity index (χ0) is 15.8. The zero-order valence-electron chi connectivity index (χ0n) is 14.4. The van der Waals surface area contributed by atoms with E-state index in [9.17, 15) is 4.79 Å². The molecule has 1 atom stereocenters. The summed E-state index contributed by atoms with van der Waals surface area (Å²) in [7, 11) is 0. The van der Waals surface area contributed by atoms with Crippen LogP contribution in [0.5, 0.6) is 0 Å². The van der Waals surface area contributed by atoms with Gasteiger partial charge in [-0.15, -0.1) is 0 Å². The van der Waals surface area contributed by atoms with E-state index in [2.05, 4.69) is 37.9 Å². The predicted molar refractivity (Wildman–Crippen MR) is 89.1 cm³/mol. The quantitative estimate of drug-likeness (QED) is 0.722. The average Bonchev–Trinajstić information content (AvgIpc) is 2.42. The molecular weight excluding hydrogens is 262 g/mol. The molecule has 0 saturated carbocycles. The molecule has 1 saturated heterocycles. The predicted octanol–water partition coefficient (Wildman–Crippen LogP) is 2.23. The van der Waals surface area contributed by atoms with Gasteiger partial charge in [0.05, 0.1) is 6.04 Å². The molecule has 1 aliphatic heterocycles. The van der Waals surface area contributed by atoms with Gasteiger partial charge in [-0.1, -0.05) is 27.7 Å². The van der Waals surface area contributed by atoms with Crippen LogP contribution in [0.4, 0.5) is 0 Å². The van der Waals surface area contributed by atoms with Crippen molar-refractivity contribution < 1.29 is 4.79 Å². The number of carbonyl (C=O) groups excluding carboxylic acids is 1. The lowest BCUT2D eigenvalue weighted by Crippen LogP contribution is -2.45. The van der Waals surface area contributed by atoms with Gasteiger partial charge in [-0.05, 0) is 63.1 Å². The van der Waals surface area contributed by atoms with Crippen LogP contribution in [-0.2, 0) is 4.79 Å². The third-order valence-electron chi connectivity index (χ3n) is 4.36. The minimum absolute atomic E-state index is 0.0194. The van der Waals surface area contributed by atoms with Gasteiger partial charge < -0.3 is 16.0 Å². The van der Waals surface area contributed by atoms with Crippen molar-refractivity contribution in [3.63, 3.8) is 0 Å². The first kappa shape index (κ1) is 18.4. The van der Waals surface area contributed by atoms with E-state index < -0.39 is 0 Å². The minimum Gasteiger partial charge on any atom is -0.354 e. The monoisotopic (exact) mass is 297 g/mol. The maximum absolute atomic E-state index is 11.9. The van der Waals surface area contributed by atoms with Gasteiger partial charge in [0.2, 0.25) is 5.91 Å². The summed E-state index contributed by atoms with van der Waals surface area (Å²) in [6.45, 7) is 13.1. The molecule has 0 aromatic carbocycles. The molecule has 0 radical (unpaired) electrons. The first-order valence-corrected chi connectivity index (χ1v) is 8.64. The number of hydrogen-bond donors (Lipinski definition) is 2. The minimum atomic E-state index is -0.351. The van der Waals surface area contributed by atoms with Crippen molar-refractivity contribution in [1.82, 2.24) is 10.2 Å². The van der Waals surface area contributed by atoms with Crippen LogP contribution < -0.4 is 11.1 Å². The Morgan fingerprint density at radius 3 is 2.33 bits per heavy atom. The van der Waals surface area contributed by atoms with Crippen LogP contribution >= 0.6 is 0 Å². The van der Waals surface area contributed by atoms with E-state index in [1.54, 1.807) is 0 Å². The number of carbonyl (C=O) groups is 1. The van der Waals surface area contributed by atoms with Gasteiger partial charge in [-0.3, -0.25) is 4.79 Å². The number of likely N-dealkylation sites (tertiary alicyclic amines) is 1. The second-order valence-electron chi connectivity index (χ2n) is 7.45. The van der Waals surface area contributed by atoms with Crippen molar-refractivity contribution in [3.8, 4) is 0 Å². The van der Waals surface area contributed by atoms with Crippen LogP contribution in [0.2, 0.25) is 0 Å². The van der Waals surface area contributed by atoms with Gasteiger partial charge in [-0.2, -0.15) is 0 Å². The van der Waals surface area contributed by atoms with Crippen molar-refractivity contribution in [1.29, 1.82) is 0 Å². The largest absolute Gasteiger partial charge is 0.354 e. The Morgan fingerprint density at radius 2 is 1.81 bits per heavy atom. The van der Waals surface area contributed by atoms with Crippen molar-refractivity contribution >= 4 is 5.91 Å². The Labute approximate surface area is 130 Å². The number of nitrogens with two attached hydrogens (primary N) is 1. The number of rotatable bonds is 8. The highest BCUT2D eigenvalue weighted by molar-refractivity contribution is 5.81. The molecule has 0 unspecified atom stereocenters. The summed E-state index contributed by atoms with van der Waals surface area (Å²) in [5, 5.41) is 3.04. The van der Waals surface area contributed by atoms with Gasteiger partial charge >= 0.3 is 0 Å². The molecule has 0 aliphatic carbocycles. The van der Waals surface area contributed by atoms with Crippen LogP contribution in [0, 0.1) is 17.8 Å². The molecule has 1 heterocycles. The van der Waals surface area contributed by atoms with Crippen molar-refractivity contribution in [2.75, 3.05) is 26.2 Å². The molecule has 1 fully saturated rings. The van der Waals surface area contributed by atoms with E-state index in [4.69, 9.17) is 5.73 Å². The van der Waals surface area contributed by atoms with E-state index in [1.807, 2.05) is 0 Å². The molecule has 21 heavy (non-hydrogen) atoms. The molecule has 3 N–H and O–H groups in total. The summed E-state index contributed by atoms with van der Waals surface area (Å²) in [6, 6.07) is -0.351. The van der Waals surface area contributed by atoms with Crippen LogP contribution in [0.3, 0.4) is 0 Å². The lowest BCUT2D eigenvalue weighted by atomic mass is 9.96. The topological polar surface area (TPSA) is 58.4 Å². The second-order valence-corrected chi connectivity index (χ2v) is 7.45. The lowest BCUT2D eigenvalue weighted by molar-refractivity contribution is -0.122. The normalized spacial score (nSPS) is 19.2. The smallest absolute Gasteiger partial charge is 0.236 e. The molecule has 4 heteroatoms. The van der Waals surface area contributed by atoms with Crippen molar-refractivity contribution in [2.45, 2.75) is 59.4 Å². The van der Waals surface area contributed by atoms with E-state index in [0.717, 1.165) is 18.9 Å². The molecule has 0 aromatic heterocycles. The number of nitrogens with zero attached hydrogens (tertiary/aromatic N) is 1. The highest BCUT2D eigenvalue weighted by Crippen LogP contribution is 2.17. The van der Waals surface area contributed by atoms with Gasteiger partial charge in [-0.25, -0.2) is 0 Å². The highest BCUT2D eigenvalue weighted by atomic mass is 16.2. The molecular formula is C17H35N3O. The summed E-state index contributed by atoms with van der Waals surface area (Å²) in [6.07, 6.45) is 4.43. The van der Waals surface area contributed by atoms with Gasteiger partial charge in [0, 0.05) is 6.54 Å². The Balaban J connectivity index is 2.16. The molecule has 0 aromatic rings. The van der Waals surface area contributed by atoms with E-state index in [-0.39, 0.29) is 11.9 Å². The molecule has 1 aliphatic rings. The fraction of sp³-hybridized carbons (Fsp3) is 0.941.